The minimum absolute atomic E-state index is 0.358. The summed E-state index contributed by atoms with van der Waals surface area (Å²) in [5, 5.41) is 15.1. The highest BCUT2D eigenvalue weighted by atomic mass is 79.9. The van der Waals surface area contributed by atoms with E-state index in [9.17, 15) is 4.79 Å². The second kappa shape index (κ2) is 10.2. The van der Waals surface area contributed by atoms with Crippen molar-refractivity contribution >= 4 is 27.8 Å². The number of rotatable bonds is 8. The number of nitrogens with one attached hydrogen (secondary N) is 1. The van der Waals surface area contributed by atoms with Crippen LogP contribution in [0.4, 0.5) is 5.95 Å². The predicted octanol–water partition coefficient (Wildman–Crippen LogP) is 4.96. The van der Waals surface area contributed by atoms with Gasteiger partial charge in [0.1, 0.15) is 18.4 Å². The number of esters is 1. The van der Waals surface area contributed by atoms with Gasteiger partial charge in [0, 0.05) is 15.7 Å². The topological polar surface area (TPSA) is 91.2 Å². The Morgan fingerprint density at radius 3 is 2.82 bits per heavy atom. The molecule has 0 bridgehead atoms. The van der Waals surface area contributed by atoms with Crippen LogP contribution in [0.1, 0.15) is 49.4 Å². The molecular formula is C24H26BrN5O3. The van der Waals surface area contributed by atoms with Gasteiger partial charge in [0.25, 0.3) is 0 Å². The number of allylic oxidation sites excluding steroid dienone is 1. The third kappa shape index (κ3) is 4.93. The van der Waals surface area contributed by atoms with Gasteiger partial charge in [0.15, 0.2) is 0 Å². The molecule has 1 atom stereocenters. The third-order valence-electron chi connectivity index (χ3n) is 5.58. The van der Waals surface area contributed by atoms with Crippen molar-refractivity contribution in [3.8, 4) is 5.75 Å². The minimum atomic E-state index is -0.602. The Morgan fingerprint density at radius 2 is 2.03 bits per heavy atom. The number of anilines is 1. The maximum Gasteiger partial charge on any atom is 0.338 e. The lowest BCUT2D eigenvalue weighted by Crippen LogP contribution is -2.30. The number of fused-ring (bicyclic) bond motifs is 1. The van der Waals surface area contributed by atoms with Gasteiger partial charge in [-0.25, -0.2) is 4.79 Å². The summed E-state index contributed by atoms with van der Waals surface area (Å²) in [7, 11) is 0. The van der Waals surface area contributed by atoms with Crippen molar-refractivity contribution in [3.05, 3.63) is 74.9 Å². The Labute approximate surface area is 201 Å². The number of carbonyl (C=O) groups is 1. The van der Waals surface area contributed by atoms with E-state index in [0.29, 0.717) is 36.2 Å². The molecule has 2 heterocycles. The van der Waals surface area contributed by atoms with E-state index in [0.717, 1.165) is 34.0 Å². The Bertz CT molecular complexity index is 1190. The Balaban J connectivity index is 1.74. The molecule has 0 aliphatic carbocycles. The van der Waals surface area contributed by atoms with Crippen LogP contribution in [-0.4, -0.2) is 32.8 Å². The van der Waals surface area contributed by atoms with Crippen molar-refractivity contribution in [2.24, 2.45) is 0 Å². The third-order valence-corrected chi connectivity index (χ3v) is 6.07. The van der Waals surface area contributed by atoms with Gasteiger partial charge in [0.05, 0.1) is 12.2 Å². The smallest absolute Gasteiger partial charge is 0.338 e. The molecule has 1 N–H and O–H groups in total. The van der Waals surface area contributed by atoms with Gasteiger partial charge in [-0.1, -0.05) is 58.6 Å². The highest BCUT2D eigenvalue weighted by molar-refractivity contribution is 9.10. The molecule has 0 saturated carbocycles. The van der Waals surface area contributed by atoms with Crippen molar-refractivity contribution in [3.63, 3.8) is 0 Å². The number of unbranched alkanes of at least 4 members (excludes halogenated alkanes) is 1. The zero-order valence-electron chi connectivity index (χ0n) is 18.8. The average molecular weight is 512 g/mol. The van der Waals surface area contributed by atoms with Gasteiger partial charge in [-0.05, 0) is 60.0 Å². The number of benzene rings is 2. The molecule has 9 heteroatoms. The lowest BCUT2D eigenvalue weighted by atomic mass is 9.95. The van der Waals surface area contributed by atoms with Crippen molar-refractivity contribution in [2.75, 3.05) is 11.9 Å². The van der Waals surface area contributed by atoms with E-state index >= 15 is 0 Å². The quantitative estimate of drug-likeness (QED) is 0.337. The first-order chi connectivity index (χ1) is 16.0. The first-order valence-electron chi connectivity index (χ1n) is 10.9. The number of carbonyl (C=O) groups excluding carboxylic acids is 1. The Morgan fingerprint density at radius 1 is 1.21 bits per heavy atom. The highest BCUT2D eigenvalue weighted by Crippen LogP contribution is 2.40. The van der Waals surface area contributed by atoms with E-state index in [1.165, 1.54) is 0 Å². The standard InChI is InChI=1S/C24H26BrN5O3/c1-4-5-12-32-23(31)21-16(3)26-24-27-28-29-30(24)22(21)19-13-18(25)10-11-20(19)33-14-17-9-7-6-8-15(17)2/h6-11,13,22H,4-5,12,14H2,1-3H3,(H,26,27,29). The molecule has 1 aromatic heterocycles. The molecule has 172 valence electrons. The van der Waals surface area contributed by atoms with Crippen LogP contribution in [0.15, 0.2) is 58.2 Å². The Kier molecular flexibility index (Phi) is 7.08. The van der Waals surface area contributed by atoms with Crippen LogP contribution < -0.4 is 10.1 Å². The molecule has 0 amide bonds. The van der Waals surface area contributed by atoms with Crippen LogP contribution >= 0.6 is 15.9 Å². The number of halogens is 1. The summed E-state index contributed by atoms with van der Waals surface area (Å²) in [4.78, 5) is 13.2. The van der Waals surface area contributed by atoms with Gasteiger partial charge < -0.3 is 14.8 Å². The van der Waals surface area contributed by atoms with Crippen LogP contribution in [-0.2, 0) is 16.1 Å². The van der Waals surface area contributed by atoms with Gasteiger partial charge in [-0.2, -0.15) is 4.68 Å². The number of ether oxygens (including phenoxy) is 2. The second-order valence-corrected chi connectivity index (χ2v) is 8.82. The first kappa shape index (κ1) is 23.0. The van der Waals surface area contributed by atoms with Crippen LogP contribution in [0.5, 0.6) is 5.75 Å². The molecular weight excluding hydrogens is 486 g/mol. The van der Waals surface area contributed by atoms with Gasteiger partial charge in [0.2, 0.25) is 5.95 Å². The zero-order chi connectivity index (χ0) is 23.4. The van der Waals surface area contributed by atoms with E-state index in [2.05, 4.69) is 56.7 Å². The number of tetrazole rings is 1. The summed E-state index contributed by atoms with van der Waals surface area (Å²) in [6, 6.07) is 13.2. The summed E-state index contributed by atoms with van der Waals surface area (Å²) >= 11 is 3.56. The molecule has 1 aliphatic rings. The van der Waals surface area contributed by atoms with Crippen molar-refractivity contribution in [2.45, 2.75) is 46.3 Å². The molecule has 8 nitrogen and oxygen atoms in total. The fraction of sp³-hybridized carbons (Fsp3) is 0.333. The summed E-state index contributed by atoms with van der Waals surface area (Å²) in [6.45, 7) is 6.69. The zero-order valence-corrected chi connectivity index (χ0v) is 20.4. The summed E-state index contributed by atoms with van der Waals surface area (Å²) < 4.78 is 14.3. The maximum absolute atomic E-state index is 13.2. The van der Waals surface area contributed by atoms with Gasteiger partial charge >= 0.3 is 5.97 Å². The highest BCUT2D eigenvalue weighted by Gasteiger charge is 2.36. The van der Waals surface area contributed by atoms with Crippen LogP contribution in [0.3, 0.4) is 0 Å². The average Bonchev–Trinajstić information content (AvgIpc) is 3.26. The molecule has 1 aliphatic heterocycles. The Hall–Kier alpha value is -3.20. The lowest BCUT2D eigenvalue weighted by Gasteiger charge is -2.28. The summed E-state index contributed by atoms with van der Waals surface area (Å²) in [5.41, 5.74) is 4.09. The second-order valence-electron chi connectivity index (χ2n) is 7.90. The molecule has 2 aromatic carbocycles. The van der Waals surface area contributed by atoms with Crippen molar-refractivity contribution < 1.29 is 14.3 Å². The van der Waals surface area contributed by atoms with E-state index in [4.69, 9.17) is 9.47 Å². The number of nitrogens with zero attached hydrogens (tertiary/aromatic N) is 4. The predicted molar refractivity (Wildman–Crippen MR) is 128 cm³/mol. The first-order valence-corrected chi connectivity index (χ1v) is 11.7. The molecule has 3 aromatic rings. The molecule has 0 saturated heterocycles. The fourth-order valence-electron chi connectivity index (χ4n) is 3.74. The van der Waals surface area contributed by atoms with E-state index in [-0.39, 0.29) is 0 Å². The maximum atomic E-state index is 13.2. The van der Waals surface area contributed by atoms with Crippen LogP contribution in [0.2, 0.25) is 0 Å². The van der Waals surface area contributed by atoms with Gasteiger partial charge in [-0.3, -0.25) is 0 Å². The van der Waals surface area contributed by atoms with Gasteiger partial charge in [-0.15, -0.1) is 0 Å². The van der Waals surface area contributed by atoms with Crippen LogP contribution in [0, 0.1) is 6.92 Å². The molecule has 4 rings (SSSR count). The van der Waals surface area contributed by atoms with Crippen LogP contribution in [0.25, 0.3) is 0 Å². The number of hydrogen-bond donors (Lipinski definition) is 1. The molecule has 0 fully saturated rings. The normalized spacial score (nSPS) is 15.1. The minimum Gasteiger partial charge on any atom is -0.489 e. The molecule has 0 spiro atoms. The van der Waals surface area contributed by atoms with E-state index in [1.54, 1.807) is 4.68 Å². The summed E-state index contributed by atoms with van der Waals surface area (Å²) in [6.07, 6.45) is 1.74. The van der Waals surface area contributed by atoms with Crippen molar-refractivity contribution in [1.82, 2.24) is 20.2 Å². The molecule has 0 radical (unpaired) electrons. The lowest BCUT2D eigenvalue weighted by molar-refractivity contribution is -0.139. The van der Waals surface area contributed by atoms with E-state index < -0.39 is 12.0 Å². The number of aryl methyl sites for hydroxylation is 1. The fourth-order valence-corrected chi connectivity index (χ4v) is 4.12. The monoisotopic (exact) mass is 511 g/mol. The largest absolute Gasteiger partial charge is 0.489 e. The molecule has 33 heavy (non-hydrogen) atoms. The number of aromatic nitrogens is 4. The SMILES string of the molecule is CCCCOC(=O)C1=C(C)Nc2nnnn2C1c1cc(Br)ccc1OCc1ccccc1C. The summed E-state index contributed by atoms with van der Waals surface area (Å²) in [5.74, 6) is 0.693. The molecule has 1 unspecified atom stereocenters. The van der Waals surface area contributed by atoms with E-state index in [1.807, 2.05) is 43.3 Å². The van der Waals surface area contributed by atoms with Crippen molar-refractivity contribution in [1.29, 1.82) is 0 Å². The number of hydrogen-bond acceptors (Lipinski definition) is 7.